The zero-order valence-corrected chi connectivity index (χ0v) is 16.4. The largest absolute Gasteiger partial charge is 0.380 e. The van der Waals surface area contributed by atoms with Crippen molar-refractivity contribution in [2.45, 2.75) is 32.8 Å². The highest BCUT2D eigenvalue weighted by Crippen LogP contribution is 2.28. The predicted octanol–water partition coefficient (Wildman–Crippen LogP) is 3.56. The molecule has 0 saturated carbocycles. The van der Waals surface area contributed by atoms with Crippen molar-refractivity contribution in [1.82, 2.24) is 19.5 Å². The van der Waals surface area contributed by atoms with Crippen LogP contribution in [0.15, 0.2) is 53.3 Å². The van der Waals surface area contributed by atoms with E-state index < -0.39 is 5.60 Å². The van der Waals surface area contributed by atoms with Crippen molar-refractivity contribution in [3.05, 3.63) is 65.9 Å². The van der Waals surface area contributed by atoms with E-state index in [1.54, 1.807) is 29.8 Å². The number of benzene rings is 1. The summed E-state index contributed by atoms with van der Waals surface area (Å²) < 4.78 is 6.95. The van der Waals surface area contributed by atoms with Crippen molar-refractivity contribution in [3.63, 3.8) is 0 Å². The molecule has 1 aromatic carbocycles. The van der Waals surface area contributed by atoms with E-state index in [0.717, 1.165) is 5.56 Å². The third kappa shape index (κ3) is 3.50. The van der Waals surface area contributed by atoms with E-state index in [9.17, 15) is 9.90 Å². The van der Waals surface area contributed by atoms with Crippen LogP contribution in [0.25, 0.3) is 17.0 Å². The summed E-state index contributed by atoms with van der Waals surface area (Å²) in [4.78, 5) is 21.4. The van der Waals surface area contributed by atoms with Gasteiger partial charge in [0, 0.05) is 17.4 Å². The third-order valence-electron chi connectivity index (χ3n) is 4.97. The van der Waals surface area contributed by atoms with Crippen molar-refractivity contribution < 1.29 is 14.4 Å². The van der Waals surface area contributed by atoms with Crippen molar-refractivity contribution >= 4 is 17.2 Å². The van der Waals surface area contributed by atoms with Gasteiger partial charge in [0.05, 0.1) is 6.20 Å². The Morgan fingerprint density at radius 3 is 2.93 bits per heavy atom. The van der Waals surface area contributed by atoms with Crippen LogP contribution in [-0.4, -0.2) is 30.5 Å². The van der Waals surface area contributed by atoms with E-state index in [1.807, 2.05) is 44.2 Å². The fourth-order valence-corrected chi connectivity index (χ4v) is 2.89. The normalized spacial score (nSPS) is 13.4. The molecule has 4 aromatic rings. The number of nitrogens with one attached hydrogen (secondary N) is 1. The number of nitrogens with zero attached hydrogens (tertiary/aromatic N) is 4. The highest BCUT2D eigenvalue weighted by Gasteiger charge is 2.28. The minimum Gasteiger partial charge on any atom is -0.380 e. The zero-order valence-electron chi connectivity index (χ0n) is 16.4. The van der Waals surface area contributed by atoms with Gasteiger partial charge >= 0.3 is 0 Å². The van der Waals surface area contributed by atoms with Crippen LogP contribution in [-0.2, 0) is 5.60 Å². The van der Waals surface area contributed by atoms with Gasteiger partial charge in [0.15, 0.2) is 0 Å². The number of amides is 1. The standard InChI is InChI=1S/C21H21N5O3/c1-4-21(3,28)20-24-18(25-29-20)14-9-8-13(2)15(11-14)23-19(27)16-12-22-17-7-5-6-10-26(16)17/h5-12,28H,4H2,1-3H3,(H,23,27). The van der Waals surface area contributed by atoms with E-state index in [2.05, 4.69) is 20.4 Å². The molecule has 4 rings (SSSR count). The molecule has 0 aliphatic carbocycles. The summed E-state index contributed by atoms with van der Waals surface area (Å²) in [6.07, 6.45) is 3.78. The molecule has 0 bridgehead atoms. The number of hydrogen-bond acceptors (Lipinski definition) is 6. The van der Waals surface area contributed by atoms with E-state index >= 15 is 0 Å². The van der Waals surface area contributed by atoms with Gasteiger partial charge in [-0.1, -0.05) is 30.3 Å². The predicted molar refractivity (Wildman–Crippen MR) is 107 cm³/mol. The first-order valence-electron chi connectivity index (χ1n) is 9.30. The van der Waals surface area contributed by atoms with Crippen LogP contribution < -0.4 is 5.32 Å². The lowest BCUT2D eigenvalue weighted by Gasteiger charge is -2.14. The smallest absolute Gasteiger partial charge is 0.274 e. The molecular weight excluding hydrogens is 370 g/mol. The van der Waals surface area contributed by atoms with Crippen LogP contribution in [0, 0.1) is 6.92 Å². The molecule has 8 nitrogen and oxygen atoms in total. The average molecular weight is 391 g/mol. The first kappa shape index (κ1) is 18.8. The Hall–Kier alpha value is -3.52. The van der Waals surface area contributed by atoms with Crippen LogP contribution in [0.1, 0.15) is 42.2 Å². The Bertz CT molecular complexity index is 1190. The van der Waals surface area contributed by atoms with Crippen LogP contribution >= 0.6 is 0 Å². The number of fused-ring (bicyclic) bond motifs is 1. The van der Waals surface area contributed by atoms with Crippen molar-refractivity contribution in [2.75, 3.05) is 5.32 Å². The molecule has 0 radical (unpaired) electrons. The lowest BCUT2D eigenvalue weighted by atomic mass is 10.0. The Kier molecular flexibility index (Phi) is 4.63. The quantitative estimate of drug-likeness (QED) is 0.539. The molecule has 3 heterocycles. The van der Waals surface area contributed by atoms with E-state index in [4.69, 9.17) is 4.52 Å². The summed E-state index contributed by atoms with van der Waals surface area (Å²) in [7, 11) is 0. The molecule has 1 atom stereocenters. The van der Waals surface area contributed by atoms with Crippen LogP contribution in [0.2, 0.25) is 0 Å². The highest BCUT2D eigenvalue weighted by atomic mass is 16.5. The van der Waals surface area contributed by atoms with Gasteiger partial charge in [0.25, 0.3) is 11.8 Å². The van der Waals surface area contributed by atoms with Gasteiger partial charge in [-0.2, -0.15) is 4.98 Å². The second kappa shape index (κ2) is 7.14. The summed E-state index contributed by atoms with van der Waals surface area (Å²) in [6.45, 7) is 5.36. The molecule has 1 amide bonds. The fourth-order valence-electron chi connectivity index (χ4n) is 2.89. The molecule has 2 N–H and O–H groups in total. The maximum atomic E-state index is 12.8. The molecule has 0 saturated heterocycles. The number of aryl methyl sites for hydroxylation is 1. The van der Waals surface area contributed by atoms with Gasteiger partial charge in [0.1, 0.15) is 16.9 Å². The van der Waals surface area contributed by atoms with E-state index in [-0.39, 0.29) is 11.8 Å². The van der Waals surface area contributed by atoms with Gasteiger partial charge in [-0.15, -0.1) is 0 Å². The number of pyridine rings is 1. The number of aliphatic hydroxyl groups is 1. The molecule has 0 spiro atoms. The zero-order chi connectivity index (χ0) is 20.6. The van der Waals surface area contributed by atoms with Gasteiger partial charge in [-0.3, -0.25) is 9.20 Å². The summed E-state index contributed by atoms with van der Waals surface area (Å²) in [5, 5.41) is 17.2. The van der Waals surface area contributed by atoms with Crippen LogP contribution in [0.5, 0.6) is 0 Å². The number of carbonyl (C=O) groups excluding carboxylic acids is 1. The molecule has 0 aliphatic heterocycles. The Morgan fingerprint density at radius 2 is 2.14 bits per heavy atom. The number of aromatic nitrogens is 4. The summed E-state index contributed by atoms with van der Waals surface area (Å²) >= 11 is 0. The number of imidazole rings is 1. The van der Waals surface area contributed by atoms with Gasteiger partial charge in [0.2, 0.25) is 5.82 Å². The second-order valence-corrected chi connectivity index (χ2v) is 7.11. The molecule has 148 valence electrons. The molecule has 29 heavy (non-hydrogen) atoms. The third-order valence-corrected chi connectivity index (χ3v) is 4.97. The van der Waals surface area contributed by atoms with E-state index in [0.29, 0.717) is 34.8 Å². The maximum Gasteiger partial charge on any atom is 0.274 e. The van der Waals surface area contributed by atoms with E-state index in [1.165, 1.54) is 0 Å². The van der Waals surface area contributed by atoms with Crippen molar-refractivity contribution in [1.29, 1.82) is 0 Å². The molecule has 8 heteroatoms. The number of anilines is 1. The molecular formula is C21H21N5O3. The lowest BCUT2D eigenvalue weighted by Crippen LogP contribution is -2.19. The fraction of sp³-hybridized carbons (Fsp3) is 0.238. The molecule has 0 aliphatic rings. The lowest BCUT2D eigenvalue weighted by molar-refractivity contribution is 0.0191. The van der Waals surface area contributed by atoms with Gasteiger partial charge in [-0.25, -0.2) is 4.98 Å². The van der Waals surface area contributed by atoms with Crippen LogP contribution in [0.3, 0.4) is 0 Å². The topological polar surface area (TPSA) is 106 Å². The van der Waals surface area contributed by atoms with Crippen LogP contribution in [0.4, 0.5) is 5.69 Å². The summed E-state index contributed by atoms with van der Waals surface area (Å²) in [5.41, 5.74) is 2.14. The highest BCUT2D eigenvalue weighted by molar-refractivity contribution is 6.04. The van der Waals surface area contributed by atoms with Gasteiger partial charge < -0.3 is 14.9 Å². The molecule has 1 unspecified atom stereocenters. The summed E-state index contributed by atoms with van der Waals surface area (Å²) in [6, 6.07) is 11.0. The SMILES string of the molecule is CCC(C)(O)c1nc(-c2ccc(C)c(NC(=O)c3cnc4ccccn34)c2)no1. The first-order valence-corrected chi connectivity index (χ1v) is 9.30. The number of hydrogen-bond donors (Lipinski definition) is 2. The second-order valence-electron chi connectivity index (χ2n) is 7.11. The number of rotatable bonds is 5. The maximum absolute atomic E-state index is 12.8. The molecule has 3 aromatic heterocycles. The molecule has 0 fully saturated rings. The Labute approximate surface area is 167 Å². The Morgan fingerprint density at radius 1 is 1.31 bits per heavy atom. The Balaban J connectivity index is 1.63. The minimum atomic E-state index is -1.18. The first-order chi connectivity index (χ1) is 13.9. The van der Waals surface area contributed by atoms with Crippen molar-refractivity contribution in [2.24, 2.45) is 0 Å². The summed E-state index contributed by atoms with van der Waals surface area (Å²) in [5.74, 6) is 0.234. The number of carbonyl (C=O) groups is 1. The van der Waals surface area contributed by atoms with Gasteiger partial charge in [-0.05, 0) is 44.0 Å². The average Bonchev–Trinajstić information content (AvgIpc) is 3.37. The minimum absolute atomic E-state index is 0.159. The van der Waals surface area contributed by atoms with Crippen molar-refractivity contribution in [3.8, 4) is 11.4 Å². The monoisotopic (exact) mass is 391 g/mol.